The highest BCUT2D eigenvalue weighted by Crippen LogP contribution is 2.35. The van der Waals surface area contributed by atoms with E-state index in [1.54, 1.807) is 23.3 Å². The first-order valence-electron chi connectivity index (χ1n) is 12.4. The van der Waals surface area contributed by atoms with Crippen molar-refractivity contribution in [2.45, 2.75) is 39.2 Å². The lowest BCUT2D eigenvalue weighted by molar-refractivity contribution is 0.0608. The van der Waals surface area contributed by atoms with Gasteiger partial charge in [-0.2, -0.15) is 9.78 Å². The maximum atomic E-state index is 13.0. The zero-order chi connectivity index (χ0) is 27.7. The molecule has 0 unspecified atom stereocenters. The van der Waals surface area contributed by atoms with Crippen LogP contribution >= 0.6 is 23.1 Å². The Morgan fingerprint density at radius 2 is 1.82 bits per heavy atom. The molecule has 202 valence electrons. The van der Waals surface area contributed by atoms with Gasteiger partial charge in [0.2, 0.25) is 0 Å². The highest BCUT2D eigenvalue weighted by molar-refractivity contribution is 7.99. The average Bonchev–Trinajstić information content (AvgIpc) is 3.55. The third kappa shape index (κ3) is 4.93. The maximum Gasteiger partial charge on any atom is 0.352 e. The molecule has 11 heteroatoms. The fraction of sp³-hybridized carbons (Fsp3) is 0.286. The van der Waals surface area contributed by atoms with E-state index in [9.17, 15) is 9.59 Å². The number of hydrogen-bond acceptors (Lipinski definition) is 8. The Labute approximate surface area is 234 Å². The summed E-state index contributed by atoms with van der Waals surface area (Å²) in [7, 11) is 2.94. The molecule has 3 heterocycles. The van der Waals surface area contributed by atoms with Gasteiger partial charge in [0.25, 0.3) is 0 Å². The number of carbonyl (C=O) groups excluding carboxylic acids is 1. The Morgan fingerprint density at radius 1 is 1.08 bits per heavy atom. The first-order valence-corrected chi connectivity index (χ1v) is 14.2. The number of aryl methyl sites for hydroxylation is 2. The molecule has 0 radical (unpaired) electrons. The van der Waals surface area contributed by atoms with Crippen LogP contribution in [0.1, 0.15) is 32.9 Å². The quantitative estimate of drug-likeness (QED) is 0.178. The van der Waals surface area contributed by atoms with Crippen molar-refractivity contribution in [2.24, 2.45) is 0 Å². The van der Waals surface area contributed by atoms with Crippen LogP contribution in [-0.2, 0) is 22.7 Å². The number of methoxy groups -OCH3 is 2. The number of ether oxygens (including phenoxy) is 2. The number of hydrogen-bond donors (Lipinski definition) is 0. The molecular formula is C28H29N5O4S2. The van der Waals surface area contributed by atoms with Gasteiger partial charge in [-0.05, 0) is 36.8 Å². The van der Waals surface area contributed by atoms with Crippen LogP contribution < -0.4 is 5.69 Å². The summed E-state index contributed by atoms with van der Waals surface area (Å²) in [5.74, 6) is 1.10. The van der Waals surface area contributed by atoms with Crippen molar-refractivity contribution >= 4 is 40.1 Å². The summed E-state index contributed by atoms with van der Waals surface area (Å²) in [5.41, 5.74) is 5.12. The van der Waals surface area contributed by atoms with Crippen LogP contribution in [0, 0.1) is 13.8 Å². The largest absolute Gasteiger partial charge is 0.465 e. The molecular weight excluding hydrogens is 534 g/mol. The molecule has 0 aliphatic carbocycles. The van der Waals surface area contributed by atoms with E-state index in [0.717, 1.165) is 49.2 Å². The predicted octanol–water partition coefficient (Wildman–Crippen LogP) is 5.28. The van der Waals surface area contributed by atoms with Crippen molar-refractivity contribution in [1.29, 1.82) is 0 Å². The number of rotatable bonds is 9. The van der Waals surface area contributed by atoms with E-state index in [4.69, 9.17) is 14.5 Å². The van der Waals surface area contributed by atoms with Gasteiger partial charge in [0, 0.05) is 17.6 Å². The van der Waals surface area contributed by atoms with Gasteiger partial charge in [-0.3, -0.25) is 0 Å². The van der Waals surface area contributed by atoms with E-state index in [-0.39, 0.29) is 18.4 Å². The first kappa shape index (κ1) is 26.9. The molecule has 5 rings (SSSR count). The van der Waals surface area contributed by atoms with E-state index in [2.05, 4.69) is 40.9 Å². The van der Waals surface area contributed by atoms with E-state index in [1.807, 2.05) is 31.2 Å². The van der Waals surface area contributed by atoms with Crippen molar-refractivity contribution in [1.82, 2.24) is 23.9 Å². The molecule has 3 aromatic heterocycles. The second-order valence-electron chi connectivity index (χ2n) is 8.89. The summed E-state index contributed by atoms with van der Waals surface area (Å²) in [5, 5.41) is 5.22. The number of imidazole rings is 1. The van der Waals surface area contributed by atoms with Gasteiger partial charge in [0.05, 0.1) is 24.9 Å². The van der Waals surface area contributed by atoms with Crippen molar-refractivity contribution < 1.29 is 14.3 Å². The summed E-state index contributed by atoms with van der Waals surface area (Å²) in [6, 6.07) is 16.0. The number of thiophene rings is 1. The molecule has 39 heavy (non-hydrogen) atoms. The lowest BCUT2D eigenvalue weighted by Gasteiger charge is -2.13. The summed E-state index contributed by atoms with van der Waals surface area (Å²) >= 11 is 3.07. The minimum absolute atomic E-state index is 0.0880. The number of carbonyl (C=O) groups is 1. The monoisotopic (exact) mass is 563 g/mol. The number of nitrogens with zero attached hydrogens (tertiary/aromatic N) is 5. The van der Waals surface area contributed by atoms with E-state index in [1.165, 1.54) is 30.2 Å². The maximum absolute atomic E-state index is 13.0. The lowest BCUT2D eigenvalue weighted by atomic mass is 10.0. The Hall–Kier alpha value is -3.67. The van der Waals surface area contributed by atoms with Gasteiger partial charge in [0.1, 0.15) is 22.9 Å². The van der Waals surface area contributed by atoms with Crippen LogP contribution in [0.5, 0.6) is 0 Å². The number of thioether (sulfide) groups is 1. The molecule has 0 fully saturated rings. The third-order valence-electron chi connectivity index (χ3n) is 6.38. The predicted molar refractivity (Wildman–Crippen MR) is 154 cm³/mol. The molecule has 0 atom stereocenters. The van der Waals surface area contributed by atoms with E-state index >= 15 is 0 Å². The summed E-state index contributed by atoms with van der Waals surface area (Å²) in [4.78, 5) is 32.0. The zero-order valence-corrected chi connectivity index (χ0v) is 24.1. The molecule has 0 amide bonds. The standard InChI is InChI=1S/C28H29N5O4S2/c1-6-38-27-29-23-17(2)39-25(26(34)37-5)24(23)31(27)15-19-11-13-20(14-12-19)21-9-7-8-10-22(21)33-18(3)30-32(16-36-4)28(33)35/h7-14H,6,15-16H2,1-5H3. The second kappa shape index (κ2) is 11.2. The van der Waals surface area contributed by atoms with Gasteiger partial charge < -0.3 is 14.0 Å². The summed E-state index contributed by atoms with van der Waals surface area (Å²) < 4.78 is 15.2. The number of aromatic nitrogens is 5. The molecule has 5 aromatic rings. The van der Waals surface area contributed by atoms with Crippen molar-refractivity contribution in [2.75, 3.05) is 20.0 Å². The second-order valence-corrected chi connectivity index (χ2v) is 11.3. The van der Waals surface area contributed by atoms with E-state index in [0.29, 0.717) is 17.2 Å². The highest BCUT2D eigenvalue weighted by atomic mass is 32.2. The van der Waals surface area contributed by atoms with E-state index < -0.39 is 0 Å². The van der Waals surface area contributed by atoms with Crippen molar-refractivity contribution in [3.8, 4) is 16.8 Å². The van der Waals surface area contributed by atoms with Crippen molar-refractivity contribution in [3.63, 3.8) is 0 Å². The molecule has 0 aliphatic heterocycles. The topological polar surface area (TPSA) is 93.2 Å². The Morgan fingerprint density at radius 3 is 2.51 bits per heavy atom. The Kier molecular flexibility index (Phi) is 7.74. The van der Waals surface area contributed by atoms with Gasteiger partial charge >= 0.3 is 11.7 Å². The molecule has 0 saturated carbocycles. The lowest BCUT2D eigenvalue weighted by Crippen LogP contribution is -2.25. The van der Waals surface area contributed by atoms with Crippen molar-refractivity contribution in [3.05, 3.63) is 80.2 Å². The van der Waals surface area contributed by atoms with Gasteiger partial charge in [-0.25, -0.2) is 19.1 Å². The minimum atomic E-state index is -0.349. The normalized spacial score (nSPS) is 11.4. The molecule has 0 aliphatic rings. The SMILES string of the molecule is CCSc1nc2c(C)sc(C(=O)OC)c2n1Cc1ccc(-c2ccccc2-n2c(C)nn(COC)c2=O)cc1. The average molecular weight is 564 g/mol. The number of para-hydroxylation sites is 1. The molecule has 0 bridgehead atoms. The van der Waals surface area contributed by atoms with Crippen LogP contribution in [0.25, 0.3) is 27.8 Å². The number of fused-ring (bicyclic) bond motifs is 1. The highest BCUT2D eigenvalue weighted by Gasteiger charge is 2.24. The number of benzene rings is 2. The number of esters is 1. The van der Waals surface area contributed by atoms with Crippen LogP contribution in [0.4, 0.5) is 0 Å². The molecule has 0 N–H and O–H groups in total. The summed E-state index contributed by atoms with van der Waals surface area (Å²) in [6.07, 6.45) is 0. The van der Waals surface area contributed by atoms with Crippen LogP contribution in [0.15, 0.2) is 58.5 Å². The smallest absolute Gasteiger partial charge is 0.352 e. The van der Waals surface area contributed by atoms with Gasteiger partial charge in [-0.15, -0.1) is 11.3 Å². The molecule has 0 saturated heterocycles. The fourth-order valence-electron chi connectivity index (χ4n) is 4.66. The Balaban J connectivity index is 1.53. The fourth-order valence-corrected chi connectivity index (χ4v) is 6.40. The van der Waals surface area contributed by atoms with Crippen LogP contribution in [0.2, 0.25) is 0 Å². The van der Waals surface area contributed by atoms with Gasteiger partial charge in [0.15, 0.2) is 5.16 Å². The van der Waals surface area contributed by atoms with Crippen LogP contribution in [0.3, 0.4) is 0 Å². The Bertz CT molecular complexity index is 1710. The van der Waals surface area contributed by atoms with Gasteiger partial charge in [-0.1, -0.05) is 61.2 Å². The third-order valence-corrected chi connectivity index (χ3v) is 8.31. The van der Waals surface area contributed by atoms with Crippen LogP contribution in [-0.4, -0.2) is 49.8 Å². The zero-order valence-electron chi connectivity index (χ0n) is 22.4. The molecule has 9 nitrogen and oxygen atoms in total. The molecule has 0 spiro atoms. The molecule has 2 aromatic carbocycles. The first-order chi connectivity index (χ1) is 18.9. The summed E-state index contributed by atoms with van der Waals surface area (Å²) in [6.45, 7) is 6.52. The minimum Gasteiger partial charge on any atom is -0.465 e.